The molecule has 142 valence electrons. The molecular formula is C19H33IN4O. The molecule has 0 unspecified atom stereocenters. The average molecular weight is 460 g/mol. The van der Waals surface area contributed by atoms with Crippen LogP contribution in [0.1, 0.15) is 46.6 Å². The summed E-state index contributed by atoms with van der Waals surface area (Å²) in [5.74, 6) is 1.79. The van der Waals surface area contributed by atoms with Gasteiger partial charge < -0.3 is 16.0 Å². The van der Waals surface area contributed by atoms with Gasteiger partial charge in [0.15, 0.2) is 5.96 Å². The van der Waals surface area contributed by atoms with Gasteiger partial charge in [-0.05, 0) is 36.5 Å². The van der Waals surface area contributed by atoms with Crippen LogP contribution in [0, 0.1) is 11.8 Å². The van der Waals surface area contributed by atoms with Gasteiger partial charge in [-0.15, -0.1) is 24.0 Å². The summed E-state index contributed by atoms with van der Waals surface area (Å²) in [6.07, 6.45) is 0.534. The van der Waals surface area contributed by atoms with Crippen LogP contribution in [0.3, 0.4) is 0 Å². The molecule has 0 aromatic heterocycles. The number of nitrogens with zero attached hydrogens (tertiary/aromatic N) is 1. The van der Waals surface area contributed by atoms with E-state index in [2.05, 4.69) is 41.7 Å². The van der Waals surface area contributed by atoms with Crippen LogP contribution in [0.4, 0.5) is 5.69 Å². The molecule has 0 aliphatic rings. The Morgan fingerprint density at radius 2 is 1.84 bits per heavy atom. The second-order valence-electron chi connectivity index (χ2n) is 6.82. The normalized spacial score (nSPS) is 11.2. The fourth-order valence-electron chi connectivity index (χ4n) is 2.14. The average Bonchev–Trinajstić information content (AvgIpc) is 2.49. The lowest BCUT2D eigenvalue weighted by atomic mass is 10.1. The highest BCUT2D eigenvalue weighted by atomic mass is 127. The number of nitrogens with one attached hydrogen (secondary N) is 3. The Morgan fingerprint density at radius 3 is 2.44 bits per heavy atom. The molecule has 0 fully saturated rings. The molecule has 1 rings (SSSR count). The van der Waals surface area contributed by atoms with Crippen LogP contribution in [-0.2, 0) is 11.3 Å². The number of carbonyl (C=O) groups excluding carboxylic acids is 1. The quantitative estimate of drug-likeness (QED) is 0.312. The third-order valence-corrected chi connectivity index (χ3v) is 3.25. The van der Waals surface area contributed by atoms with E-state index in [1.807, 2.05) is 38.1 Å². The fourth-order valence-corrected chi connectivity index (χ4v) is 2.14. The molecule has 1 amide bonds. The standard InChI is InChI=1S/C19H32N4O.HI/c1-6-20-19(21-12-15(4)5)22-13-16-8-7-9-17(11-16)23-18(24)10-14(2)3;/h7-9,11,14-15H,6,10,12-13H2,1-5H3,(H,23,24)(H2,20,21,22);1H. The van der Waals surface area contributed by atoms with Gasteiger partial charge in [-0.2, -0.15) is 0 Å². The molecule has 1 aromatic rings. The summed E-state index contributed by atoms with van der Waals surface area (Å²) in [7, 11) is 0. The Morgan fingerprint density at radius 1 is 1.12 bits per heavy atom. The first-order valence-corrected chi connectivity index (χ1v) is 8.81. The zero-order valence-electron chi connectivity index (χ0n) is 16.1. The molecule has 25 heavy (non-hydrogen) atoms. The van der Waals surface area contributed by atoms with E-state index in [0.717, 1.165) is 30.3 Å². The first-order valence-electron chi connectivity index (χ1n) is 8.81. The predicted octanol–water partition coefficient (Wildman–Crippen LogP) is 4.00. The van der Waals surface area contributed by atoms with Gasteiger partial charge in [-0.25, -0.2) is 4.99 Å². The monoisotopic (exact) mass is 460 g/mol. The van der Waals surface area contributed by atoms with E-state index < -0.39 is 0 Å². The highest BCUT2D eigenvalue weighted by molar-refractivity contribution is 14.0. The second-order valence-corrected chi connectivity index (χ2v) is 6.82. The number of hydrogen-bond acceptors (Lipinski definition) is 2. The Kier molecular flexibility index (Phi) is 12.3. The number of halogens is 1. The highest BCUT2D eigenvalue weighted by Gasteiger charge is 2.06. The van der Waals surface area contributed by atoms with Crippen molar-refractivity contribution in [2.24, 2.45) is 16.8 Å². The number of guanidine groups is 1. The molecule has 6 heteroatoms. The Hall–Kier alpha value is -1.31. The fraction of sp³-hybridized carbons (Fsp3) is 0.579. The molecular weight excluding hydrogens is 427 g/mol. The molecule has 0 heterocycles. The SMILES string of the molecule is CCNC(=NCc1cccc(NC(=O)CC(C)C)c1)NCC(C)C.I. The van der Waals surface area contributed by atoms with E-state index in [1.165, 1.54) is 0 Å². The van der Waals surface area contributed by atoms with Crippen molar-refractivity contribution < 1.29 is 4.79 Å². The van der Waals surface area contributed by atoms with Crippen molar-refractivity contribution in [2.75, 3.05) is 18.4 Å². The van der Waals surface area contributed by atoms with E-state index in [9.17, 15) is 4.79 Å². The van der Waals surface area contributed by atoms with Crippen LogP contribution >= 0.6 is 24.0 Å². The van der Waals surface area contributed by atoms with Crippen LogP contribution in [0.15, 0.2) is 29.3 Å². The van der Waals surface area contributed by atoms with Crippen LogP contribution in [-0.4, -0.2) is 25.0 Å². The van der Waals surface area contributed by atoms with Crippen molar-refractivity contribution in [1.82, 2.24) is 10.6 Å². The zero-order chi connectivity index (χ0) is 17.9. The molecule has 0 aliphatic carbocycles. The molecule has 0 spiro atoms. The maximum Gasteiger partial charge on any atom is 0.224 e. The van der Waals surface area contributed by atoms with E-state index >= 15 is 0 Å². The Balaban J connectivity index is 0.00000576. The van der Waals surface area contributed by atoms with Crippen LogP contribution in [0.5, 0.6) is 0 Å². The van der Waals surface area contributed by atoms with Gasteiger partial charge in [0.2, 0.25) is 5.91 Å². The molecule has 5 nitrogen and oxygen atoms in total. The molecule has 3 N–H and O–H groups in total. The van der Waals surface area contributed by atoms with Crippen molar-refractivity contribution in [3.63, 3.8) is 0 Å². The lowest BCUT2D eigenvalue weighted by Gasteiger charge is -2.13. The van der Waals surface area contributed by atoms with Crippen LogP contribution < -0.4 is 16.0 Å². The summed E-state index contributed by atoms with van der Waals surface area (Å²) in [6, 6.07) is 7.86. The van der Waals surface area contributed by atoms with E-state index in [-0.39, 0.29) is 29.9 Å². The number of rotatable bonds is 8. The van der Waals surface area contributed by atoms with E-state index in [4.69, 9.17) is 0 Å². The van der Waals surface area contributed by atoms with E-state index in [0.29, 0.717) is 24.8 Å². The maximum absolute atomic E-state index is 11.9. The number of aliphatic imine (C=N–C) groups is 1. The van der Waals surface area contributed by atoms with Crippen molar-refractivity contribution in [3.05, 3.63) is 29.8 Å². The number of benzene rings is 1. The predicted molar refractivity (Wildman–Crippen MR) is 118 cm³/mol. The number of anilines is 1. The minimum Gasteiger partial charge on any atom is -0.357 e. The van der Waals surface area contributed by atoms with Gasteiger partial charge in [0.05, 0.1) is 6.54 Å². The first kappa shape index (κ1) is 23.7. The minimum atomic E-state index is 0. The maximum atomic E-state index is 11.9. The summed E-state index contributed by atoms with van der Waals surface area (Å²) < 4.78 is 0. The topological polar surface area (TPSA) is 65.5 Å². The highest BCUT2D eigenvalue weighted by Crippen LogP contribution is 2.13. The summed E-state index contributed by atoms with van der Waals surface area (Å²) in [6.45, 7) is 12.7. The Bertz CT molecular complexity index is 544. The van der Waals surface area contributed by atoms with Crippen molar-refractivity contribution in [1.29, 1.82) is 0 Å². The van der Waals surface area contributed by atoms with Crippen molar-refractivity contribution in [2.45, 2.75) is 47.6 Å². The molecule has 0 saturated carbocycles. The van der Waals surface area contributed by atoms with Crippen molar-refractivity contribution in [3.8, 4) is 0 Å². The van der Waals surface area contributed by atoms with Gasteiger partial charge in [-0.1, -0.05) is 39.8 Å². The summed E-state index contributed by atoms with van der Waals surface area (Å²) >= 11 is 0. The lowest BCUT2D eigenvalue weighted by Crippen LogP contribution is -2.39. The number of amides is 1. The molecule has 0 radical (unpaired) electrons. The van der Waals surface area contributed by atoms with Gasteiger partial charge in [0.1, 0.15) is 0 Å². The van der Waals surface area contributed by atoms with Gasteiger partial charge in [-0.3, -0.25) is 4.79 Å². The molecule has 0 bridgehead atoms. The number of hydrogen-bond donors (Lipinski definition) is 3. The second kappa shape index (κ2) is 13.0. The summed E-state index contributed by atoms with van der Waals surface area (Å²) in [5, 5.41) is 9.52. The van der Waals surface area contributed by atoms with Gasteiger partial charge >= 0.3 is 0 Å². The zero-order valence-corrected chi connectivity index (χ0v) is 18.4. The number of carbonyl (C=O) groups is 1. The third kappa shape index (κ3) is 11.0. The lowest BCUT2D eigenvalue weighted by molar-refractivity contribution is -0.116. The third-order valence-electron chi connectivity index (χ3n) is 3.25. The van der Waals surface area contributed by atoms with Crippen LogP contribution in [0.2, 0.25) is 0 Å². The first-order chi connectivity index (χ1) is 11.4. The van der Waals surface area contributed by atoms with Crippen LogP contribution in [0.25, 0.3) is 0 Å². The van der Waals surface area contributed by atoms with E-state index in [1.54, 1.807) is 0 Å². The Labute approximate surface area is 169 Å². The smallest absolute Gasteiger partial charge is 0.224 e. The minimum absolute atomic E-state index is 0. The van der Waals surface area contributed by atoms with Gasteiger partial charge in [0, 0.05) is 25.2 Å². The molecule has 1 aromatic carbocycles. The van der Waals surface area contributed by atoms with Crippen molar-refractivity contribution >= 4 is 41.5 Å². The largest absolute Gasteiger partial charge is 0.357 e. The molecule has 0 saturated heterocycles. The summed E-state index contributed by atoms with van der Waals surface area (Å²) in [5.41, 5.74) is 1.90. The molecule has 0 atom stereocenters. The molecule has 0 aliphatic heterocycles. The van der Waals surface area contributed by atoms with Gasteiger partial charge in [0.25, 0.3) is 0 Å². The summed E-state index contributed by atoms with van der Waals surface area (Å²) in [4.78, 5) is 16.5.